The number of rotatable bonds is 3. The van der Waals surface area contributed by atoms with Crippen molar-refractivity contribution >= 4 is 11.8 Å². The standard InChI is InChI=1S/C18H28N4O/c1-11-4-16(21-22(11)3)20-17(23)19-12(2)18-8-13-5-14(9-18)7-15(6-13)10-18/h4,12-15H,5-10H2,1-3H3,(H2,19,20,21,23). The quantitative estimate of drug-likeness (QED) is 0.897. The maximum atomic E-state index is 12.4. The molecule has 5 rings (SSSR count). The van der Waals surface area contributed by atoms with Gasteiger partial charge in [0, 0.05) is 24.8 Å². The first-order valence-corrected chi connectivity index (χ1v) is 9.02. The van der Waals surface area contributed by atoms with E-state index in [1.165, 1.54) is 38.5 Å². The second-order valence-electron chi connectivity index (χ2n) is 8.39. The van der Waals surface area contributed by atoms with Gasteiger partial charge in [-0.15, -0.1) is 0 Å². The molecule has 0 saturated heterocycles. The van der Waals surface area contributed by atoms with Crippen LogP contribution in [0.5, 0.6) is 0 Å². The van der Waals surface area contributed by atoms with E-state index in [4.69, 9.17) is 0 Å². The van der Waals surface area contributed by atoms with Crippen LogP contribution in [-0.2, 0) is 7.05 Å². The first-order chi connectivity index (χ1) is 10.9. The molecule has 1 heterocycles. The first-order valence-electron chi connectivity index (χ1n) is 9.02. The van der Waals surface area contributed by atoms with Gasteiger partial charge in [-0.3, -0.25) is 10.00 Å². The predicted molar refractivity (Wildman–Crippen MR) is 90.2 cm³/mol. The molecular weight excluding hydrogens is 288 g/mol. The molecule has 1 atom stereocenters. The zero-order valence-electron chi connectivity index (χ0n) is 14.4. The molecule has 126 valence electrons. The van der Waals surface area contributed by atoms with Gasteiger partial charge in [-0.05, 0) is 75.5 Å². The Balaban J connectivity index is 1.41. The molecule has 2 N–H and O–H groups in total. The third-order valence-electron chi connectivity index (χ3n) is 6.71. The van der Waals surface area contributed by atoms with Crippen LogP contribution in [0.3, 0.4) is 0 Å². The lowest BCUT2D eigenvalue weighted by atomic mass is 9.48. The number of nitrogens with zero attached hydrogens (tertiary/aromatic N) is 2. The molecule has 0 aromatic carbocycles. The Kier molecular flexibility index (Phi) is 3.43. The van der Waals surface area contributed by atoms with Gasteiger partial charge in [0.05, 0.1) is 0 Å². The average Bonchev–Trinajstić information content (AvgIpc) is 2.75. The van der Waals surface area contributed by atoms with Crippen LogP contribution in [0.15, 0.2) is 6.07 Å². The van der Waals surface area contributed by atoms with E-state index < -0.39 is 0 Å². The summed E-state index contributed by atoms with van der Waals surface area (Å²) in [5.41, 5.74) is 1.38. The van der Waals surface area contributed by atoms with E-state index >= 15 is 0 Å². The van der Waals surface area contributed by atoms with Crippen LogP contribution in [0.1, 0.15) is 51.1 Å². The number of anilines is 1. The van der Waals surface area contributed by atoms with E-state index in [-0.39, 0.29) is 12.1 Å². The Morgan fingerprint density at radius 2 is 1.83 bits per heavy atom. The van der Waals surface area contributed by atoms with Crippen LogP contribution < -0.4 is 10.6 Å². The number of aromatic nitrogens is 2. The van der Waals surface area contributed by atoms with Crippen LogP contribution >= 0.6 is 0 Å². The minimum Gasteiger partial charge on any atom is -0.335 e. The second-order valence-corrected chi connectivity index (χ2v) is 8.39. The highest BCUT2D eigenvalue weighted by atomic mass is 16.2. The van der Waals surface area contributed by atoms with Crippen LogP contribution in [-0.4, -0.2) is 21.9 Å². The number of carbonyl (C=O) groups is 1. The summed E-state index contributed by atoms with van der Waals surface area (Å²) in [7, 11) is 1.89. The molecule has 1 unspecified atom stereocenters. The van der Waals surface area contributed by atoms with Crippen molar-refractivity contribution in [2.24, 2.45) is 30.2 Å². The van der Waals surface area contributed by atoms with Crippen LogP contribution in [0.4, 0.5) is 10.6 Å². The Morgan fingerprint density at radius 1 is 1.26 bits per heavy atom. The summed E-state index contributed by atoms with van der Waals surface area (Å²) in [4.78, 5) is 12.4. The van der Waals surface area contributed by atoms with Crippen LogP contribution in [0.2, 0.25) is 0 Å². The Morgan fingerprint density at radius 3 is 2.30 bits per heavy atom. The van der Waals surface area contributed by atoms with Gasteiger partial charge in [0.25, 0.3) is 0 Å². The summed E-state index contributed by atoms with van der Waals surface area (Å²) < 4.78 is 1.78. The molecule has 5 nitrogen and oxygen atoms in total. The predicted octanol–water partition coefficient (Wildman–Crippen LogP) is 3.45. The lowest BCUT2D eigenvalue weighted by Crippen LogP contribution is -2.56. The van der Waals surface area contributed by atoms with Crippen molar-refractivity contribution in [3.63, 3.8) is 0 Å². The van der Waals surface area contributed by atoms with Gasteiger partial charge in [0.2, 0.25) is 0 Å². The van der Waals surface area contributed by atoms with Gasteiger partial charge in [-0.25, -0.2) is 4.79 Å². The molecule has 2 amide bonds. The van der Waals surface area contributed by atoms with E-state index in [0.717, 1.165) is 23.4 Å². The number of nitrogens with one attached hydrogen (secondary N) is 2. The van der Waals surface area contributed by atoms with Gasteiger partial charge in [-0.2, -0.15) is 5.10 Å². The molecule has 4 aliphatic carbocycles. The molecule has 23 heavy (non-hydrogen) atoms. The highest BCUT2D eigenvalue weighted by Gasteiger charge is 2.53. The highest BCUT2D eigenvalue weighted by molar-refractivity contribution is 5.88. The van der Waals surface area contributed by atoms with Crippen LogP contribution in [0, 0.1) is 30.1 Å². The summed E-state index contributed by atoms with van der Waals surface area (Å²) in [5, 5.41) is 10.4. The maximum Gasteiger partial charge on any atom is 0.320 e. The number of aryl methyl sites for hydroxylation is 2. The summed E-state index contributed by atoms with van der Waals surface area (Å²) in [5.74, 6) is 3.35. The molecule has 4 aliphatic rings. The molecule has 4 bridgehead atoms. The molecule has 4 fully saturated rings. The number of hydrogen-bond acceptors (Lipinski definition) is 2. The summed E-state index contributed by atoms with van der Waals surface area (Å²) >= 11 is 0. The van der Waals surface area contributed by atoms with Crippen molar-refractivity contribution in [3.8, 4) is 0 Å². The minimum absolute atomic E-state index is 0.119. The molecule has 1 aromatic heterocycles. The monoisotopic (exact) mass is 316 g/mol. The first kappa shape index (κ1) is 15.0. The van der Waals surface area contributed by atoms with Crippen molar-refractivity contribution in [1.82, 2.24) is 15.1 Å². The van der Waals surface area contributed by atoms with E-state index in [2.05, 4.69) is 22.7 Å². The zero-order valence-corrected chi connectivity index (χ0v) is 14.4. The van der Waals surface area contributed by atoms with Gasteiger partial charge in [-0.1, -0.05) is 0 Å². The lowest BCUT2D eigenvalue weighted by molar-refractivity contribution is -0.0680. The zero-order chi connectivity index (χ0) is 16.2. The molecule has 0 spiro atoms. The number of carbonyl (C=O) groups excluding carboxylic acids is 1. The fraction of sp³-hybridized carbons (Fsp3) is 0.778. The van der Waals surface area contributed by atoms with E-state index in [9.17, 15) is 4.79 Å². The van der Waals surface area contributed by atoms with Gasteiger partial charge in [0.15, 0.2) is 5.82 Å². The second kappa shape index (κ2) is 5.25. The van der Waals surface area contributed by atoms with Crippen molar-refractivity contribution in [1.29, 1.82) is 0 Å². The third kappa shape index (κ3) is 2.64. The topological polar surface area (TPSA) is 59.0 Å². The van der Waals surface area contributed by atoms with Crippen molar-refractivity contribution in [2.75, 3.05) is 5.32 Å². The average molecular weight is 316 g/mol. The van der Waals surface area contributed by atoms with E-state index in [0.29, 0.717) is 11.2 Å². The molecule has 0 radical (unpaired) electrons. The summed E-state index contributed by atoms with van der Waals surface area (Å²) in [6, 6.07) is 2.02. The molecule has 0 aliphatic heterocycles. The number of urea groups is 1. The fourth-order valence-corrected chi connectivity index (χ4v) is 5.83. The Labute approximate surface area is 138 Å². The smallest absolute Gasteiger partial charge is 0.320 e. The Bertz CT molecular complexity index is 566. The SMILES string of the molecule is Cc1cc(NC(=O)NC(C)C23CC4CC(CC(C4)C2)C3)nn1C. The summed E-state index contributed by atoms with van der Waals surface area (Å²) in [6.45, 7) is 4.19. The largest absolute Gasteiger partial charge is 0.335 e. The highest BCUT2D eigenvalue weighted by Crippen LogP contribution is 2.61. The van der Waals surface area contributed by atoms with E-state index in [1.54, 1.807) is 4.68 Å². The minimum atomic E-state index is -0.119. The van der Waals surface area contributed by atoms with Gasteiger partial charge < -0.3 is 5.32 Å². The normalized spacial score (nSPS) is 36.0. The van der Waals surface area contributed by atoms with E-state index in [1.807, 2.05) is 20.0 Å². The maximum absolute atomic E-state index is 12.4. The molecule has 5 heteroatoms. The third-order valence-corrected chi connectivity index (χ3v) is 6.71. The number of amides is 2. The van der Waals surface area contributed by atoms with Crippen LogP contribution in [0.25, 0.3) is 0 Å². The summed E-state index contributed by atoms with van der Waals surface area (Å²) in [6.07, 6.45) is 8.23. The number of hydrogen-bond donors (Lipinski definition) is 2. The lowest BCUT2D eigenvalue weighted by Gasteiger charge is -2.59. The fourth-order valence-electron chi connectivity index (χ4n) is 5.83. The molecule has 4 saturated carbocycles. The molecular formula is C18H28N4O. The van der Waals surface area contributed by atoms with Crippen molar-refractivity contribution in [3.05, 3.63) is 11.8 Å². The Hall–Kier alpha value is -1.52. The van der Waals surface area contributed by atoms with Gasteiger partial charge >= 0.3 is 6.03 Å². The van der Waals surface area contributed by atoms with Crippen molar-refractivity contribution < 1.29 is 4.79 Å². The van der Waals surface area contributed by atoms with Crippen molar-refractivity contribution in [2.45, 2.75) is 58.4 Å². The molecule has 1 aromatic rings. The van der Waals surface area contributed by atoms with Gasteiger partial charge in [0.1, 0.15) is 0 Å².